The Hall–Kier alpha value is -1.45. The Morgan fingerprint density at radius 2 is 1.89 bits per heavy atom. The van der Waals surface area contributed by atoms with Gasteiger partial charge in [0, 0.05) is 11.1 Å². The molecule has 100 valence electrons. The molecule has 0 aliphatic carbocycles. The number of nitrogens with zero attached hydrogens (tertiary/aromatic N) is 2. The molecule has 0 amide bonds. The van der Waals surface area contributed by atoms with Crippen LogP contribution in [0, 0.1) is 20.8 Å². The fourth-order valence-corrected chi connectivity index (χ4v) is 2.42. The van der Waals surface area contributed by atoms with E-state index in [2.05, 4.69) is 16.3 Å². The van der Waals surface area contributed by atoms with Gasteiger partial charge in [0.25, 0.3) is 0 Å². The first-order valence-electron chi connectivity index (χ1n) is 6.29. The molecule has 0 saturated carbocycles. The summed E-state index contributed by atoms with van der Waals surface area (Å²) in [5, 5.41) is 8.91. The van der Waals surface area contributed by atoms with Crippen molar-refractivity contribution >= 4 is 11.6 Å². The molecule has 1 heterocycles. The summed E-state index contributed by atoms with van der Waals surface area (Å²) in [5.41, 5.74) is 11.3. The van der Waals surface area contributed by atoms with Crippen molar-refractivity contribution in [2.75, 3.05) is 0 Å². The Bertz CT molecular complexity index is 596. The highest BCUT2D eigenvalue weighted by Crippen LogP contribution is 2.24. The van der Waals surface area contributed by atoms with E-state index in [1.54, 1.807) is 0 Å². The lowest BCUT2D eigenvalue weighted by atomic mass is 9.98. The van der Waals surface area contributed by atoms with Crippen LogP contribution < -0.4 is 5.73 Å². The van der Waals surface area contributed by atoms with E-state index in [0.717, 1.165) is 33.1 Å². The number of aryl methyl sites for hydroxylation is 3. The first-order chi connectivity index (χ1) is 8.97. The largest absolute Gasteiger partial charge is 0.324 e. The molecule has 0 aliphatic rings. The maximum atomic E-state index is 6.28. The summed E-state index contributed by atoms with van der Waals surface area (Å²) in [6.45, 7) is 5.87. The average molecular weight is 276 g/mol. The summed E-state index contributed by atoms with van der Waals surface area (Å²) in [6, 6.07) is 7.93. The van der Waals surface area contributed by atoms with Gasteiger partial charge in [0.15, 0.2) is 0 Å². The molecule has 0 radical (unpaired) electrons. The van der Waals surface area contributed by atoms with E-state index in [0.29, 0.717) is 6.42 Å². The number of halogens is 1. The van der Waals surface area contributed by atoms with E-state index in [-0.39, 0.29) is 6.04 Å². The van der Waals surface area contributed by atoms with Crippen LogP contribution in [0.5, 0.6) is 0 Å². The van der Waals surface area contributed by atoms with Crippen LogP contribution >= 0.6 is 11.6 Å². The third-order valence-electron chi connectivity index (χ3n) is 3.19. The Morgan fingerprint density at radius 1 is 1.16 bits per heavy atom. The van der Waals surface area contributed by atoms with E-state index in [9.17, 15) is 0 Å². The number of hydrogen-bond acceptors (Lipinski definition) is 3. The smallest absolute Gasteiger partial charge is 0.0648 e. The number of benzene rings is 1. The Kier molecular flexibility index (Phi) is 4.17. The highest BCUT2D eigenvalue weighted by molar-refractivity contribution is 6.31. The molecule has 1 aromatic heterocycles. The highest BCUT2D eigenvalue weighted by Gasteiger charge is 2.13. The molecule has 0 fully saturated rings. The third-order valence-corrected chi connectivity index (χ3v) is 3.54. The summed E-state index contributed by atoms with van der Waals surface area (Å²) in [5.74, 6) is 0. The van der Waals surface area contributed by atoms with Gasteiger partial charge in [0.2, 0.25) is 0 Å². The van der Waals surface area contributed by atoms with Crippen molar-refractivity contribution in [2.45, 2.75) is 33.2 Å². The lowest BCUT2D eigenvalue weighted by Crippen LogP contribution is -2.16. The molecule has 1 atom stereocenters. The van der Waals surface area contributed by atoms with Crippen LogP contribution in [0.4, 0.5) is 0 Å². The zero-order valence-corrected chi connectivity index (χ0v) is 12.2. The maximum absolute atomic E-state index is 6.28. The zero-order chi connectivity index (χ0) is 14.0. The van der Waals surface area contributed by atoms with E-state index in [1.165, 1.54) is 0 Å². The van der Waals surface area contributed by atoms with Crippen molar-refractivity contribution in [1.29, 1.82) is 0 Å². The normalized spacial score (nSPS) is 12.5. The predicted octanol–water partition coefficient (Wildman–Crippen LogP) is 3.30. The van der Waals surface area contributed by atoms with Gasteiger partial charge in [0.1, 0.15) is 0 Å². The molecule has 4 heteroatoms. The van der Waals surface area contributed by atoms with E-state index < -0.39 is 0 Å². The summed E-state index contributed by atoms with van der Waals surface area (Å²) in [7, 11) is 0. The summed E-state index contributed by atoms with van der Waals surface area (Å²) < 4.78 is 0. The van der Waals surface area contributed by atoms with Crippen molar-refractivity contribution in [3.8, 4) is 0 Å². The van der Waals surface area contributed by atoms with Crippen molar-refractivity contribution in [3.05, 3.63) is 57.4 Å². The molecule has 0 bridgehead atoms. The molecule has 2 N–H and O–H groups in total. The molecule has 1 unspecified atom stereocenters. The molecule has 19 heavy (non-hydrogen) atoms. The third kappa shape index (κ3) is 3.31. The van der Waals surface area contributed by atoms with Crippen LogP contribution in [0.3, 0.4) is 0 Å². The van der Waals surface area contributed by atoms with Crippen LogP contribution in [-0.4, -0.2) is 10.2 Å². The predicted molar refractivity (Wildman–Crippen MR) is 78.3 cm³/mol. The number of nitrogens with two attached hydrogens (primary N) is 1. The van der Waals surface area contributed by atoms with Gasteiger partial charge >= 0.3 is 0 Å². The Morgan fingerprint density at radius 3 is 2.58 bits per heavy atom. The topological polar surface area (TPSA) is 51.8 Å². The maximum Gasteiger partial charge on any atom is 0.0648 e. The van der Waals surface area contributed by atoms with Gasteiger partial charge < -0.3 is 5.73 Å². The van der Waals surface area contributed by atoms with E-state index in [1.807, 2.05) is 39.0 Å². The second kappa shape index (κ2) is 5.68. The molecular weight excluding hydrogens is 258 g/mol. The minimum absolute atomic E-state index is 0.116. The van der Waals surface area contributed by atoms with Crippen LogP contribution in [0.15, 0.2) is 24.3 Å². The summed E-state index contributed by atoms with van der Waals surface area (Å²) in [4.78, 5) is 0. The van der Waals surface area contributed by atoms with Gasteiger partial charge in [-0.25, -0.2) is 0 Å². The lowest BCUT2D eigenvalue weighted by Gasteiger charge is -2.15. The molecule has 3 nitrogen and oxygen atoms in total. The minimum atomic E-state index is -0.116. The molecule has 0 saturated heterocycles. The fraction of sp³-hybridized carbons (Fsp3) is 0.333. The highest BCUT2D eigenvalue weighted by atomic mass is 35.5. The van der Waals surface area contributed by atoms with Gasteiger partial charge in [-0.05, 0) is 56.0 Å². The number of rotatable bonds is 3. The van der Waals surface area contributed by atoms with Crippen LogP contribution in [-0.2, 0) is 6.42 Å². The molecule has 2 aromatic rings. The van der Waals surface area contributed by atoms with Gasteiger partial charge in [-0.2, -0.15) is 10.2 Å². The molecular formula is C15H18ClN3. The van der Waals surface area contributed by atoms with Crippen LogP contribution in [0.2, 0.25) is 5.02 Å². The van der Waals surface area contributed by atoms with E-state index in [4.69, 9.17) is 17.3 Å². The quantitative estimate of drug-likeness (QED) is 0.935. The number of aromatic nitrogens is 2. The standard InChI is InChI=1S/C15H18ClN3/c1-9-4-5-12(14(16)6-9)8-15(17)13-7-10(2)18-19-11(13)3/h4-7,15H,8,17H2,1-3H3. The van der Waals surface area contributed by atoms with Gasteiger partial charge in [-0.15, -0.1) is 0 Å². The van der Waals surface area contributed by atoms with E-state index >= 15 is 0 Å². The Balaban J connectivity index is 2.25. The van der Waals surface area contributed by atoms with Crippen LogP contribution in [0.1, 0.15) is 34.1 Å². The van der Waals surface area contributed by atoms with Crippen LogP contribution in [0.25, 0.3) is 0 Å². The molecule has 0 spiro atoms. The summed E-state index contributed by atoms with van der Waals surface area (Å²) in [6.07, 6.45) is 0.699. The average Bonchev–Trinajstić information content (AvgIpc) is 2.35. The molecule has 0 aliphatic heterocycles. The molecule has 2 rings (SSSR count). The first kappa shape index (κ1) is 14.0. The SMILES string of the molecule is Cc1ccc(CC(N)c2cc(C)nnc2C)c(Cl)c1. The second-order valence-electron chi connectivity index (χ2n) is 4.93. The van der Waals surface area contributed by atoms with Crippen molar-refractivity contribution in [3.63, 3.8) is 0 Å². The van der Waals surface area contributed by atoms with Crippen molar-refractivity contribution in [2.24, 2.45) is 5.73 Å². The Labute approximate surface area is 118 Å². The summed E-state index contributed by atoms with van der Waals surface area (Å²) >= 11 is 6.25. The number of hydrogen-bond donors (Lipinski definition) is 1. The van der Waals surface area contributed by atoms with Gasteiger partial charge in [-0.3, -0.25) is 0 Å². The fourth-order valence-electron chi connectivity index (χ4n) is 2.11. The van der Waals surface area contributed by atoms with Crippen molar-refractivity contribution < 1.29 is 0 Å². The first-order valence-corrected chi connectivity index (χ1v) is 6.66. The van der Waals surface area contributed by atoms with Gasteiger partial charge in [-0.1, -0.05) is 23.7 Å². The van der Waals surface area contributed by atoms with Crippen molar-refractivity contribution in [1.82, 2.24) is 10.2 Å². The monoisotopic (exact) mass is 275 g/mol. The zero-order valence-electron chi connectivity index (χ0n) is 11.4. The molecule has 1 aromatic carbocycles. The van der Waals surface area contributed by atoms with Gasteiger partial charge in [0.05, 0.1) is 11.4 Å². The lowest BCUT2D eigenvalue weighted by molar-refractivity contribution is 0.700. The second-order valence-corrected chi connectivity index (χ2v) is 5.34. The minimum Gasteiger partial charge on any atom is -0.324 e.